The van der Waals surface area contributed by atoms with Crippen LogP contribution in [0.3, 0.4) is 0 Å². The average Bonchev–Trinajstić information content (AvgIpc) is 3.26. The van der Waals surface area contributed by atoms with E-state index in [1.807, 2.05) is 18.2 Å². The summed E-state index contributed by atoms with van der Waals surface area (Å²) in [5.74, 6) is 1.09. The summed E-state index contributed by atoms with van der Waals surface area (Å²) in [6.45, 7) is 4.04. The Bertz CT molecular complexity index is 396. The van der Waals surface area contributed by atoms with Crippen molar-refractivity contribution in [3.05, 3.63) is 34.9 Å². The average molecular weight is 298 g/mol. The van der Waals surface area contributed by atoms with Crippen molar-refractivity contribution in [1.29, 1.82) is 0 Å². The van der Waals surface area contributed by atoms with Crippen molar-refractivity contribution < 1.29 is 9.47 Å². The van der Waals surface area contributed by atoms with Gasteiger partial charge >= 0.3 is 0 Å². The molecular weight excluding hydrogens is 274 g/mol. The molecule has 1 N–H and O–H groups in total. The van der Waals surface area contributed by atoms with Crippen LogP contribution in [0, 0.1) is 5.92 Å². The molecule has 3 nitrogen and oxygen atoms in total. The highest BCUT2D eigenvalue weighted by molar-refractivity contribution is 6.31. The van der Waals surface area contributed by atoms with Gasteiger partial charge in [0.2, 0.25) is 0 Å². The van der Waals surface area contributed by atoms with Gasteiger partial charge in [-0.15, -0.1) is 0 Å². The van der Waals surface area contributed by atoms with Crippen molar-refractivity contribution in [2.24, 2.45) is 5.92 Å². The number of nitrogens with one attached hydrogen (secondary N) is 1. The van der Waals surface area contributed by atoms with E-state index < -0.39 is 0 Å². The summed E-state index contributed by atoms with van der Waals surface area (Å²) >= 11 is 6.30. The molecule has 0 spiro atoms. The third-order valence-corrected chi connectivity index (χ3v) is 3.93. The maximum atomic E-state index is 6.30. The van der Waals surface area contributed by atoms with Crippen LogP contribution in [0.2, 0.25) is 5.02 Å². The van der Waals surface area contributed by atoms with Gasteiger partial charge in [-0.3, -0.25) is 0 Å². The lowest BCUT2D eigenvalue weighted by Crippen LogP contribution is -2.27. The van der Waals surface area contributed by atoms with Crippen LogP contribution in [0.25, 0.3) is 0 Å². The van der Waals surface area contributed by atoms with E-state index in [4.69, 9.17) is 21.1 Å². The summed E-state index contributed by atoms with van der Waals surface area (Å²) in [6.07, 6.45) is 2.64. The van der Waals surface area contributed by atoms with Crippen molar-refractivity contribution in [2.45, 2.75) is 18.8 Å². The van der Waals surface area contributed by atoms with Crippen molar-refractivity contribution in [3.8, 4) is 0 Å². The van der Waals surface area contributed by atoms with E-state index in [0.717, 1.165) is 49.4 Å². The fourth-order valence-electron chi connectivity index (χ4n) is 2.18. The molecule has 2 rings (SSSR count). The number of rotatable bonds is 10. The fourth-order valence-corrected chi connectivity index (χ4v) is 2.47. The molecule has 0 aromatic heterocycles. The molecule has 1 aromatic carbocycles. The monoisotopic (exact) mass is 297 g/mol. The molecule has 1 atom stereocenters. The lowest BCUT2D eigenvalue weighted by atomic mass is 10.00. The zero-order valence-electron chi connectivity index (χ0n) is 12.1. The maximum absolute atomic E-state index is 6.30. The molecule has 4 heteroatoms. The van der Waals surface area contributed by atoms with Gasteiger partial charge in [-0.2, -0.15) is 0 Å². The molecule has 0 radical (unpaired) electrons. The number of ether oxygens (including phenoxy) is 2. The predicted molar refractivity (Wildman–Crippen MR) is 82.5 cm³/mol. The number of hydrogen-bond acceptors (Lipinski definition) is 3. The van der Waals surface area contributed by atoms with Gasteiger partial charge < -0.3 is 14.8 Å². The molecule has 112 valence electrons. The van der Waals surface area contributed by atoms with E-state index in [0.29, 0.717) is 5.92 Å². The first-order chi connectivity index (χ1) is 9.81. The second-order valence-electron chi connectivity index (χ2n) is 5.40. The highest BCUT2D eigenvalue weighted by atomic mass is 35.5. The standard InChI is InChI=1S/C16H24ClNO2/c1-19-9-8-18-10-14(12-20-11-13-6-7-13)15-4-2-3-5-16(15)17/h2-5,13-14,18H,6-12H2,1H3. The first-order valence-electron chi connectivity index (χ1n) is 7.33. The first kappa shape index (κ1) is 15.8. The van der Waals surface area contributed by atoms with Crippen LogP contribution in [0.15, 0.2) is 24.3 Å². The molecule has 1 saturated carbocycles. The first-order valence-corrected chi connectivity index (χ1v) is 7.71. The molecule has 1 unspecified atom stereocenters. The van der Waals surface area contributed by atoms with E-state index in [-0.39, 0.29) is 0 Å². The van der Waals surface area contributed by atoms with Crippen molar-refractivity contribution in [2.75, 3.05) is 40.0 Å². The van der Waals surface area contributed by atoms with Crippen LogP contribution in [0.1, 0.15) is 24.3 Å². The Labute approximate surface area is 126 Å². The Morgan fingerprint density at radius 1 is 1.35 bits per heavy atom. The second-order valence-corrected chi connectivity index (χ2v) is 5.80. The molecule has 0 amide bonds. The van der Waals surface area contributed by atoms with Gasteiger partial charge in [0.05, 0.1) is 13.2 Å². The molecule has 1 aromatic rings. The summed E-state index contributed by atoms with van der Waals surface area (Å²) in [5.41, 5.74) is 1.16. The van der Waals surface area contributed by atoms with Crippen LogP contribution in [-0.4, -0.2) is 40.0 Å². The zero-order chi connectivity index (χ0) is 14.2. The van der Waals surface area contributed by atoms with Crippen LogP contribution in [-0.2, 0) is 9.47 Å². The van der Waals surface area contributed by atoms with E-state index in [9.17, 15) is 0 Å². The number of methoxy groups -OCH3 is 1. The molecule has 0 heterocycles. The Kier molecular flexibility index (Phi) is 6.80. The Morgan fingerprint density at radius 3 is 2.85 bits per heavy atom. The van der Waals surface area contributed by atoms with Gasteiger partial charge in [-0.1, -0.05) is 29.8 Å². The summed E-state index contributed by atoms with van der Waals surface area (Å²) in [6, 6.07) is 8.03. The quantitative estimate of drug-likeness (QED) is 0.673. The lowest BCUT2D eigenvalue weighted by Gasteiger charge is -2.19. The van der Waals surface area contributed by atoms with Crippen LogP contribution >= 0.6 is 11.6 Å². The molecule has 1 aliphatic rings. The van der Waals surface area contributed by atoms with Crippen LogP contribution < -0.4 is 5.32 Å². The summed E-state index contributed by atoms with van der Waals surface area (Å²) < 4.78 is 10.9. The van der Waals surface area contributed by atoms with Gasteiger partial charge in [-0.25, -0.2) is 0 Å². The number of hydrogen-bond donors (Lipinski definition) is 1. The minimum Gasteiger partial charge on any atom is -0.383 e. The number of benzene rings is 1. The minimum absolute atomic E-state index is 0.291. The number of halogens is 1. The topological polar surface area (TPSA) is 30.5 Å². The Hall–Kier alpha value is -0.610. The van der Waals surface area contributed by atoms with Gasteiger partial charge in [0.25, 0.3) is 0 Å². The summed E-state index contributed by atoms with van der Waals surface area (Å²) in [5, 5.41) is 4.22. The molecule has 1 aliphatic carbocycles. The van der Waals surface area contributed by atoms with E-state index in [1.54, 1.807) is 7.11 Å². The van der Waals surface area contributed by atoms with Gasteiger partial charge in [0.15, 0.2) is 0 Å². The Balaban J connectivity index is 1.85. The van der Waals surface area contributed by atoms with Crippen LogP contribution in [0.5, 0.6) is 0 Å². The third-order valence-electron chi connectivity index (χ3n) is 3.59. The van der Waals surface area contributed by atoms with E-state index >= 15 is 0 Å². The zero-order valence-corrected chi connectivity index (χ0v) is 12.9. The lowest BCUT2D eigenvalue weighted by molar-refractivity contribution is 0.109. The van der Waals surface area contributed by atoms with Gasteiger partial charge in [0, 0.05) is 37.7 Å². The van der Waals surface area contributed by atoms with Crippen LogP contribution in [0.4, 0.5) is 0 Å². The SMILES string of the molecule is COCCNCC(COCC1CC1)c1ccccc1Cl. The fraction of sp³-hybridized carbons (Fsp3) is 0.625. The smallest absolute Gasteiger partial charge is 0.0587 e. The minimum atomic E-state index is 0.291. The molecule has 0 aliphatic heterocycles. The van der Waals surface area contributed by atoms with Crippen molar-refractivity contribution in [1.82, 2.24) is 5.32 Å². The maximum Gasteiger partial charge on any atom is 0.0587 e. The third kappa shape index (κ3) is 5.41. The molecule has 20 heavy (non-hydrogen) atoms. The molecular formula is C16H24ClNO2. The van der Waals surface area contributed by atoms with E-state index in [1.165, 1.54) is 12.8 Å². The highest BCUT2D eigenvalue weighted by Gasteiger charge is 2.22. The molecule has 1 fully saturated rings. The predicted octanol–water partition coefficient (Wildman–Crippen LogP) is 3.09. The molecule has 0 saturated heterocycles. The Morgan fingerprint density at radius 2 is 2.15 bits per heavy atom. The summed E-state index contributed by atoms with van der Waals surface area (Å²) in [4.78, 5) is 0. The normalized spacial score (nSPS) is 16.3. The van der Waals surface area contributed by atoms with E-state index in [2.05, 4.69) is 11.4 Å². The second kappa shape index (κ2) is 8.63. The van der Waals surface area contributed by atoms with Gasteiger partial charge in [-0.05, 0) is 30.4 Å². The van der Waals surface area contributed by atoms with Crippen molar-refractivity contribution >= 4 is 11.6 Å². The molecule has 0 bridgehead atoms. The van der Waals surface area contributed by atoms with Crippen molar-refractivity contribution in [3.63, 3.8) is 0 Å². The van der Waals surface area contributed by atoms with Gasteiger partial charge in [0.1, 0.15) is 0 Å². The summed E-state index contributed by atoms with van der Waals surface area (Å²) in [7, 11) is 1.71. The highest BCUT2D eigenvalue weighted by Crippen LogP contribution is 2.30. The largest absolute Gasteiger partial charge is 0.383 e.